The molecular formula is C20H21FN6O4. The van der Waals surface area contributed by atoms with Gasteiger partial charge in [0.2, 0.25) is 5.91 Å². The second-order valence-corrected chi connectivity index (χ2v) is 7.36. The molecule has 2 aromatic carbocycles. The van der Waals surface area contributed by atoms with Crippen LogP contribution in [0.2, 0.25) is 0 Å². The topological polar surface area (TPSA) is 115 Å². The zero-order valence-corrected chi connectivity index (χ0v) is 16.8. The molecule has 0 bridgehead atoms. The fourth-order valence-electron chi connectivity index (χ4n) is 3.79. The van der Waals surface area contributed by atoms with Crippen molar-refractivity contribution in [3.8, 4) is 5.75 Å². The molecule has 0 unspecified atom stereocenters. The molecule has 10 nitrogen and oxygen atoms in total. The molecule has 4 rings (SSSR count). The number of rotatable bonds is 6. The number of fused-ring (bicyclic) bond motifs is 1. The minimum Gasteiger partial charge on any atom is -0.496 e. The van der Waals surface area contributed by atoms with Gasteiger partial charge in [0.15, 0.2) is 0 Å². The van der Waals surface area contributed by atoms with Crippen molar-refractivity contribution in [2.24, 2.45) is 0 Å². The van der Waals surface area contributed by atoms with Gasteiger partial charge in [-0.3, -0.25) is 19.8 Å². The lowest BCUT2D eigenvalue weighted by Gasteiger charge is -2.31. The zero-order valence-electron chi connectivity index (χ0n) is 16.8. The Labute approximate surface area is 176 Å². The lowest BCUT2D eigenvalue weighted by molar-refractivity contribution is -0.384. The number of hydrogen-bond donors (Lipinski definition) is 1. The first kappa shape index (κ1) is 20.7. The number of carbonyl (C=O) groups excluding carboxylic acids is 1. The Morgan fingerprint density at radius 1 is 1.29 bits per heavy atom. The number of likely N-dealkylation sites (tertiary alicyclic amines) is 1. The summed E-state index contributed by atoms with van der Waals surface area (Å²) in [4.78, 5) is 25.2. The van der Waals surface area contributed by atoms with E-state index in [1.165, 1.54) is 31.4 Å². The van der Waals surface area contributed by atoms with Crippen molar-refractivity contribution in [3.63, 3.8) is 0 Å². The lowest BCUT2D eigenvalue weighted by Crippen LogP contribution is -2.39. The summed E-state index contributed by atoms with van der Waals surface area (Å²) in [6.07, 6.45) is 1.51. The maximum atomic E-state index is 13.4. The van der Waals surface area contributed by atoms with E-state index in [4.69, 9.17) is 4.74 Å². The summed E-state index contributed by atoms with van der Waals surface area (Å²) in [5.74, 6) is -0.332. The molecule has 3 aromatic rings. The van der Waals surface area contributed by atoms with Crippen LogP contribution in [-0.4, -0.2) is 57.5 Å². The minimum absolute atomic E-state index is 0.109. The van der Waals surface area contributed by atoms with Gasteiger partial charge < -0.3 is 10.1 Å². The second-order valence-electron chi connectivity index (χ2n) is 7.36. The van der Waals surface area contributed by atoms with E-state index in [-0.39, 0.29) is 35.7 Å². The Morgan fingerprint density at radius 3 is 2.77 bits per heavy atom. The molecule has 0 radical (unpaired) electrons. The van der Waals surface area contributed by atoms with Gasteiger partial charge in [0.25, 0.3) is 5.69 Å². The standard InChI is InChI=1S/C20H21FN6O4/c1-31-15-3-4-16(19(11-15)27(29)30)22-20(28)12-25-8-6-14(7-9-25)26-18-5-2-13(21)10-17(18)23-24-26/h2-5,10-11,14H,6-9,12H2,1H3,(H,22,28). The van der Waals surface area contributed by atoms with Gasteiger partial charge in [-0.2, -0.15) is 0 Å². The van der Waals surface area contributed by atoms with Crippen LogP contribution in [0, 0.1) is 15.9 Å². The molecule has 1 aliphatic rings. The Balaban J connectivity index is 1.36. The summed E-state index contributed by atoms with van der Waals surface area (Å²) >= 11 is 0. The Bertz CT molecular complexity index is 1130. The SMILES string of the molecule is COc1ccc(NC(=O)CN2CCC(n3nnc4cc(F)ccc43)CC2)c([N+](=O)[O-])c1. The van der Waals surface area contributed by atoms with Crippen molar-refractivity contribution in [2.75, 3.05) is 32.1 Å². The fraction of sp³-hybridized carbons (Fsp3) is 0.350. The molecule has 2 heterocycles. The molecule has 1 fully saturated rings. The van der Waals surface area contributed by atoms with E-state index in [0.29, 0.717) is 24.4 Å². The molecule has 0 spiro atoms. The number of benzene rings is 2. The van der Waals surface area contributed by atoms with E-state index in [2.05, 4.69) is 15.6 Å². The largest absolute Gasteiger partial charge is 0.496 e. The quantitative estimate of drug-likeness (QED) is 0.474. The van der Waals surface area contributed by atoms with Crippen LogP contribution in [0.25, 0.3) is 11.0 Å². The highest BCUT2D eigenvalue weighted by molar-refractivity contribution is 5.94. The highest BCUT2D eigenvalue weighted by atomic mass is 19.1. The summed E-state index contributed by atoms with van der Waals surface area (Å²) in [5, 5.41) is 22.1. The first-order chi connectivity index (χ1) is 14.9. The van der Waals surface area contributed by atoms with Crippen LogP contribution < -0.4 is 10.1 Å². The number of anilines is 1. The van der Waals surface area contributed by atoms with Gasteiger partial charge >= 0.3 is 0 Å². The second kappa shape index (κ2) is 8.64. The zero-order chi connectivity index (χ0) is 22.0. The Hall–Kier alpha value is -3.60. The van der Waals surface area contributed by atoms with Gasteiger partial charge in [0.05, 0.1) is 36.2 Å². The number of nitrogens with one attached hydrogen (secondary N) is 1. The van der Waals surface area contributed by atoms with E-state index in [9.17, 15) is 19.3 Å². The van der Waals surface area contributed by atoms with Crippen LogP contribution in [0.3, 0.4) is 0 Å². The van der Waals surface area contributed by atoms with Gasteiger partial charge in [-0.25, -0.2) is 9.07 Å². The maximum Gasteiger partial charge on any atom is 0.296 e. The number of hydrogen-bond acceptors (Lipinski definition) is 7. The van der Waals surface area contributed by atoms with Gasteiger partial charge in [0.1, 0.15) is 22.8 Å². The molecule has 1 amide bonds. The van der Waals surface area contributed by atoms with E-state index in [1.807, 2.05) is 9.58 Å². The van der Waals surface area contributed by atoms with E-state index >= 15 is 0 Å². The Kier molecular flexibility index (Phi) is 5.76. The average Bonchev–Trinajstić information content (AvgIpc) is 3.17. The lowest BCUT2D eigenvalue weighted by atomic mass is 10.0. The number of aromatic nitrogens is 3. The molecule has 0 saturated carbocycles. The number of carbonyl (C=O) groups is 1. The number of ether oxygens (including phenoxy) is 1. The fourth-order valence-corrected chi connectivity index (χ4v) is 3.79. The highest BCUT2D eigenvalue weighted by Crippen LogP contribution is 2.29. The summed E-state index contributed by atoms with van der Waals surface area (Å²) in [5.41, 5.74) is 1.21. The van der Waals surface area contributed by atoms with E-state index < -0.39 is 4.92 Å². The predicted molar refractivity (Wildman–Crippen MR) is 110 cm³/mol. The molecule has 0 atom stereocenters. The molecule has 11 heteroatoms. The van der Waals surface area contributed by atoms with Crippen molar-refractivity contribution in [1.82, 2.24) is 19.9 Å². The van der Waals surface area contributed by atoms with Crippen LogP contribution in [-0.2, 0) is 4.79 Å². The van der Waals surface area contributed by atoms with Gasteiger partial charge in [0, 0.05) is 19.2 Å². The molecule has 1 aromatic heterocycles. The minimum atomic E-state index is -0.558. The summed E-state index contributed by atoms with van der Waals surface area (Å²) in [6, 6.07) is 8.82. The third-order valence-corrected chi connectivity index (χ3v) is 5.38. The smallest absolute Gasteiger partial charge is 0.296 e. The number of methoxy groups -OCH3 is 1. The van der Waals surface area contributed by atoms with Gasteiger partial charge in [-0.1, -0.05) is 5.21 Å². The number of nitrogens with zero attached hydrogens (tertiary/aromatic N) is 5. The third kappa shape index (κ3) is 4.45. The van der Waals surface area contributed by atoms with Crippen molar-refractivity contribution >= 4 is 28.3 Å². The van der Waals surface area contributed by atoms with Crippen LogP contribution in [0.1, 0.15) is 18.9 Å². The van der Waals surface area contributed by atoms with Crippen LogP contribution in [0.15, 0.2) is 36.4 Å². The van der Waals surface area contributed by atoms with E-state index in [1.54, 1.807) is 12.1 Å². The molecule has 1 N–H and O–H groups in total. The molecule has 1 aliphatic heterocycles. The Morgan fingerprint density at radius 2 is 2.06 bits per heavy atom. The molecular weight excluding hydrogens is 407 g/mol. The predicted octanol–water partition coefficient (Wildman–Crippen LogP) is 2.76. The first-order valence-corrected chi connectivity index (χ1v) is 9.79. The summed E-state index contributed by atoms with van der Waals surface area (Å²) < 4.78 is 20.2. The van der Waals surface area contributed by atoms with Crippen molar-refractivity contribution in [3.05, 3.63) is 52.3 Å². The van der Waals surface area contributed by atoms with Crippen LogP contribution >= 0.6 is 0 Å². The molecule has 162 valence electrons. The monoisotopic (exact) mass is 428 g/mol. The van der Waals surface area contributed by atoms with Crippen molar-refractivity contribution < 1.29 is 18.8 Å². The van der Waals surface area contributed by atoms with Gasteiger partial charge in [-0.15, -0.1) is 5.10 Å². The molecule has 1 saturated heterocycles. The highest BCUT2D eigenvalue weighted by Gasteiger charge is 2.25. The maximum absolute atomic E-state index is 13.4. The summed E-state index contributed by atoms with van der Waals surface area (Å²) in [7, 11) is 1.42. The average molecular weight is 428 g/mol. The van der Waals surface area contributed by atoms with Crippen LogP contribution in [0.4, 0.5) is 15.8 Å². The van der Waals surface area contributed by atoms with E-state index in [0.717, 1.165) is 18.4 Å². The molecule has 0 aliphatic carbocycles. The molecule has 31 heavy (non-hydrogen) atoms. The van der Waals surface area contributed by atoms with Crippen molar-refractivity contribution in [1.29, 1.82) is 0 Å². The summed E-state index contributed by atoms with van der Waals surface area (Å²) in [6.45, 7) is 1.44. The number of amides is 1. The van der Waals surface area contributed by atoms with Crippen LogP contribution in [0.5, 0.6) is 5.75 Å². The first-order valence-electron chi connectivity index (χ1n) is 9.79. The number of halogens is 1. The van der Waals surface area contributed by atoms with Gasteiger partial charge in [-0.05, 0) is 37.1 Å². The number of nitro groups is 1. The number of piperidine rings is 1. The van der Waals surface area contributed by atoms with Crippen molar-refractivity contribution in [2.45, 2.75) is 18.9 Å². The third-order valence-electron chi connectivity index (χ3n) is 5.38. The normalized spacial score (nSPS) is 15.2. The number of nitro benzene ring substituents is 1.